The molecule has 1 aromatic rings. The van der Waals surface area contributed by atoms with Gasteiger partial charge in [-0.3, -0.25) is 4.79 Å². The number of nitrogens with one attached hydrogen (secondary N) is 1. The third-order valence-electron chi connectivity index (χ3n) is 3.89. The van der Waals surface area contributed by atoms with E-state index in [1.54, 1.807) is 0 Å². The lowest BCUT2D eigenvalue weighted by Gasteiger charge is -2.29. The van der Waals surface area contributed by atoms with Crippen LogP contribution in [0.25, 0.3) is 0 Å². The molecule has 1 saturated carbocycles. The van der Waals surface area contributed by atoms with Crippen LogP contribution in [0.3, 0.4) is 0 Å². The van der Waals surface area contributed by atoms with E-state index in [9.17, 15) is 19.1 Å². The lowest BCUT2D eigenvalue weighted by Crippen LogP contribution is -2.54. The zero-order valence-corrected chi connectivity index (χ0v) is 13.1. The van der Waals surface area contributed by atoms with E-state index in [4.69, 9.17) is 0 Å². The molecule has 0 spiro atoms. The highest BCUT2D eigenvalue weighted by Gasteiger charge is 2.40. The number of carbonyl (C=O) groups excluding carboxylic acids is 1. The van der Waals surface area contributed by atoms with Crippen LogP contribution in [0.15, 0.2) is 22.7 Å². The molecule has 0 aliphatic heterocycles. The van der Waals surface area contributed by atoms with Crippen LogP contribution in [0.2, 0.25) is 0 Å². The van der Waals surface area contributed by atoms with Crippen molar-refractivity contribution in [2.45, 2.75) is 44.1 Å². The molecule has 1 amide bonds. The van der Waals surface area contributed by atoms with Gasteiger partial charge >= 0.3 is 5.97 Å². The topological polar surface area (TPSA) is 66.4 Å². The van der Waals surface area contributed by atoms with Crippen LogP contribution in [-0.2, 0) is 4.79 Å². The molecule has 1 fully saturated rings. The van der Waals surface area contributed by atoms with Gasteiger partial charge in [0, 0.05) is 4.47 Å². The number of halogens is 2. The zero-order chi connectivity index (χ0) is 15.5. The molecule has 114 valence electrons. The Hall–Kier alpha value is -1.43. The van der Waals surface area contributed by atoms with Crippen molar-refractivity contribution in [3.8, 4) is 0 Å². The quantitative estimate of drug-likeness (QED) is 0.813. The first-order valence-corrected chi connectivity index (χ1v) is 7.75. The molecule has 21 heavy (non-hydrogen) atoms. The number of hydrogen-bond donors (Lipinski definition) is 2. The van der Waals surface area contributed by atoms with Crippen molar-refractivity contribution in [2.24, 2.45) is 0 Å². The van der Waals surface area contributed by atoms with Gasteiger partial charge in [0.05, 0.1) is 5.56 Å². The van der Waals surface area contributed by atoms with Crippen LogP contribution in [0.1, 0.15) is 48.9 Å². The third kappa shape index (κ3) is 3.61. The maximum absolute atomic E-state index is 13.8. The number of carboxylic acids is 1. The summed E-state index contributed by atoms with van der Waals surface area (Å²) < 4.78 is 14.3. The van der Waals surface area contributed by atoms with Gasteiger partial charge in [0.2, 0.25) is 0 Å². The predicted octanol–water partition coefficient (Wildman–Crippen LogP) is 3.50. The fraction of sp³-hybridized carbons (Fsp3) is 0.467. The fourth-order valence-corrected chi connectivity index (χ4v) is 3.04. The molecule has 2 N–H and O–H groups in total. The van der Waals surface area contributed by atoms with E-state index < -0.39 is 23.2 Å². The van der Waals surface area contributed by atoms with Gasteiger partial charge in [-0.05, 0) is 31.0 Å². The molecule has 0 saturated heterocycles. The Bertz CT molecular complexity index is 554. The summed E-state index contributed by atoms with van der Waals surface area (Å²) in [6.45, 7) is 0. The standard InChI is InChI=1S/C15H17BrFNO3/c16-10-5-6-12(17)11(9-10)13(19)18-15(14(20)21)7-3-1-2-4-8-15/h5-6,9H,1-4,7-8H2,(H,18,19)(H,20,21). The van der Waals surface area contributed by atoms with Gasteiger partial charge in [-0.15, -0.1) is 0 Å². The molecule has 4 nitrogen and oxygen atoms in total. The number of hydrogen-bond acceptors (Lipinski definition) is 2. The maximum atomic E-state index is 13.8. The monoisotopic (exact) mass is 357 g/mol. The summed E-state index contributed by atoms with van der Waals surface area (Å²) in [6, 6.07) is 4.03. The second-order valence-electron chi connectivity index (χ2n) is 5.38. The molecule has 0 aromatic heterocycles. The summed E-state index contributed by atoms with van der Waals surface area (Å²) in [7, 11) is 0. The van der Waals surface area contributed by atoms with E-state index in [0.29, 0.717) is 17.3 Å². The molecular formula is C15H17BrFNO3. The van der Waals surface area contributed by atoms with Crippen LogP contribution in [0, 0.1) is 5.82 Å². The summed E-state index contributed by atoms with van der Waals surface area (Å²) in [6.07, 6.45) is 4.15. The minimum atomic E-state index is -1.29. The number of rotatable bonds is 3. The predicted molar refractivity (Wildman–Crippen MR) is 79.6 cm³/mol. The average Bonchev–Trinajstić information content (AvgIpc) is 2.68. The third-order valence-corrected chi connectivity index (χ3v) is 4.39. The van der Waals surface area contributed by atoms with Crippen molar-refractivity contribution >= 4 is 27.8 Å². The minimum absolute atomic E-state index is 0.144. The van der Waals surface area contributed by atoms with Crippen molar-refractivity contribution in [1.82, 2.24) is 5.32 Å². The van der Waals surface area contributed by atoms with Crippen LogP contribution in [0.5, 0.6) is 0 Å². The van der Waals surface area contributed by atoms with E-state index in [-0.39, 0.29) is 5.56 Å². The number of carbonyl (C=O) groups is 2. The van der Waals surface area contributed by atoms with Gasteiger partial charge < -0.3 is 10.4 Å². The average molecular weight is 358 g/mol. The van der Waals surface area contributed by atoms with E-state index in [2.05, 4.69) is 21.2 Å². The van der Waals surface area contributed by atoms with Gasteiger partial charge in [0.15, 0.2) is 0 Å². The Morgan fingerprint density at radius 2 is 1.81 bits per heavy atom. The van der Waals surface area contributed by atoms with Gasteiger partial charge in [0.25, 0.3) is 5.91 Å². The van der Waals surface area contributed by atoms with Gasteiger partial charge in [0.1, 0.15) is 11.4 Å². The Balaban J connectivity index is 2.26. The molecule has 0 atom stereocenters. The van der Waals surface area contributed by atoms with Crippen molar-refractivity contribution < 1.29 is 19.1 Å². The molecular weight excluding hydrogens is 341 g/mol. The first-order valence-electron chi connectivity index (χ1n) is 6.95. The van der Waals surface area contributed by atoms with E-state index in [1.807, 2.05) is 0 Å². The molecule has 0 bridgehead atoms. The molecule has 6 heteroatoms. The number of carboxylic acid groups (broad SMARTS) is 1. The highest BCUT2D eigenvalue weighted by molar-refractivity contribution is 9.10. The van der Waals surface area contributed by atoms with Gasteiger partial charge in [-0.1, -0.05) is 41.6 Å². The molecule has 1 aromatic carbocycles. The van der Waals surface area contributed by atoms with Crippen LogP contribution < -0.4 is 5.32 Å². The molecule has 1 aliphatic rings. The normalized spacial score (nSPS) is 17.8. The van der Waals surface area contributed by atoms with Crippen molar-refractivity contribution in [3.05, 3.63) is 34.1 Å². The first-order chi connectivity index (χ1) is 9.94. The van der Waals surface area contributed by atoms with Crippen LogP contribution in [0.4, 0.5) is 4.39 Å². The largest absolute Gasteiger partial charge is 0.480 e. The highest BCUT2D eigenvalue weighted by Crippen LogP contribution is 2.28. The number of benzene rings is 1. The zero-order valence-electron chi connectivity index (χ0n) is 11.5. The molecule has 1 aliphatic carbocycles. The van der Waals surface area contributed by atoms with E-state index in [1.165, 1.54) is 18.2 Å². The highest BCUT2D eigenvalue weighted by atomic mass is 79.9. The Morgan fingerprint density at radius 3 is 2.38 bits per heavy atom. The van der Waals surface area contributed by atoms with E-state index in [0.717, 1.165) is 25.7 Å². The lowest BCUT2D eigenvalue weighted by atomic mass is 9.90. The summed E-state index contributed by atoms with van der Waals surface area (Å²) in [5.41, 5.74) is -1.43. The van der Waals surface area contributed by atoms with Crippen molar-refractivity contribution in [2.75, 3.05) is 0 Å². The molecule has 0 heterocycles. The Labute approximate surface area is 130 Å². The molecule has 0 radical (unpaired) electrons. The second-order valence-corrected chi connectivity index (χ2v) is 6.30. The molecule has 0 unspecified atom stereocenters. The second kappa shape index (κ2) is 6.56. The van der Waals surface area contributed by atoms with Gasteiger partial charge in [-0.25, -0.2) is 9.18 Å². The summed E-state index contributed by atoms with van der Waals surface area (Å²) in [5.74, 6) is -2.39. The summed E-state index contributed by atoms with van der Waals surface area (Å²) in [5, 5.41) is 12.1. The Kier molecular flexibility index (Phi) is 4.98. The van der Waals surface area contributed by atoms with Crippen molar-refractivity contribution in [1.29, 1.82) is 0 Å². The van der Waals surface area contributed by atoms with Crippen LogP contribution >= 0.6 is 15.9 Å². The lowest BCUT2D eigenvalue weighted by molar-refractivity contribution is -0.145. The maximum Gasteiger partial charge on any atom is 0.329 e. The first kappa shape index (κ1) is 15.9. The number of aliphatic carboxylic acids is 1. The minimum Gasteiger partial charge on any atom is -0.480 e. The number of amides is 1. The Morgan fingerprint density at radius 1 is 1.19 bits per heavy atom. The van der Waals surface area contributed by atoms with E-state index >= 15 is 0 Å². The summed E-state index contributed by atoms with van der Waals surface area (Å²) in [4.78, 5) is 23.9. The molecule has 2 rings (SSSR count). The SMILES string of the molecule is O=C(NC1(C(=O)O)CCCCCC1)c1cc(Br)ccc1F. The van der Waals surface area contributed by atoms with Crippen LogP contribution in [-0.4, -0.2) is 22.5 Å². The summed E-state index contributed by atoms with van der Waals surface area (Å²) >= 11 is 3.18. The smallest absolute Gasteiger partial charge is 0.329 e. The fourth-order valence-electron chi connectivity index (χ4n) is 2.68. The van der Waals surface area contributed by atoms with Gasteiger partial charge in [-0.2, -0.15) is 0 Å². The van der Waals surface area contributed by atoms with Crippen molar-refractivity contribution in [3.63, 3.8) is 0 Å².